The molecule has 112 valence electrons. The topological polar surface area (TPSA) is 29.5 Å². The molecular weight excluding hydrogens is 397 g/mol. The molecule has 21 heavy (non-hydrogen) atoms. The number of nitrogens with zero attached hydrogens (tertiary/aromatic N) is 1. The number of methoxy groups -OCH3 is 1. The third kappa shape index (κ3) is 2.28. The van der Waals surface area contributed by atoms with E-state index in [4.69, 9.17) is 4.74 Å². The summed E-state index contributed by atoms with van der Waals surface area (Å²) in [4.78, 5) is 16.1. The van der Waals surface area contributed by atoms with E-state index in [1.807, 2.05) is 11.3 Å². The maximum Gasteiger partial charge on any atom is 0.310 e. The highest BCUT2D eigenvalue weighted by atomic mass is 127. The number of thiophene rings is 1. The van der Waals surface area contributed by atoms with E-state index in [-0.39, 0.29) is 11.9 Å². The molecule has 4 aliphatic heterocycles. The smallest absolute Gasteiger partial charge is 0.310 e. The summed E-state index contributed by atoms with van der Waals surface area (Å²) >= 11 is 4.18. The van der Waals surface area contributed by atoms with Crippen molar-refractivity contribution in [1.29, 1.82) is 0 Å². The Morgan fingerprint density at radius 2 is 2.33 bits per heavy atom. The second-order valence-electron chi connectivity index (χ2n) is 6.22. The third-order valence-corrected chi connectivity index (χ3v) is 7.14. The highest BCUT2D eigenvalue weighted by Crippen LogP contribution is 2.51. The Morgan fingerprint density at radius 3 is 3.05 bits per heavy atom. The minimum absolute atomic E-state index is 0.0123. The Balaban J connectivity index is 1.69. The van der Waals surface area contributed by atoms with Crippen molar-refractivity contribution in [2.45, 2.75) is 31.3 Å². The van der Waals surface area contributed by atoms with E-state index in [9.17, 15) is 4.79 Å². The van der Waals surface area contributed by atoms with Crippen molar-refractivity contribution in [3.05, 3.63) is 25.5 Å². The van der Waals surface area contributed by atoms with Crippen molar-refractivity contribution in [1.82, 2.24) is 4.90 Å². The van der Waals surface area contributed by atoms with Gasteiger partial charge in [-0.15, -0.1) is 11.3 Å². The fourth-order valence-corrected chi connectivity index (χ4v) is 6.12. The van der Waals surface area contributed by atoms with Gasteiger partial charge in [0.2, 0.25) is 0 Å². The van der Waals surface area contributed by atoms with Gasteiger partial charge in [-0.1, -0.05) is 5.57 Å². The van der Waals surface area contributed by atoms with E-state index in [0.717, 1.165) is 19.4 Å². The Bertz CT molecular complexity index is 611. The average molecular weight is 415 g/mol. The van der Waals surface area contributed by atoms with Crippen LogP contribution in [0.5, 0.6) is 0 Å². The largest absolute Gasteiger partial charge is 0.469 e. The van der Waals surface area contributed by atoms with Crippen LogP contribution in [0, 0.1) is 14.7 Å². The minimum atomic E-state index is -0.0123. The molecule has 1 aromatic rings. The fourth-order valence-electron chi connectivity index (χ4n) is 4.47. The number of ether oxygens (including phenoxy) is 1. The zero-order valence-corrected chi connectivity index (χ0v) is 14.9. The van der Waals surface area contributed by atoms with Gasteiger partial charge in [0.25, 0.3) is 0 Å². The fraction of sp³-hybridized carbons (Fsp3) is 0.562. The van der Waals surface area contributed by atoms with Crippen LogP contribution in [-0.2, 0) is 9.53 Å². The van der Waals surface area contributed by atoms with Crippen molar-refractivity contribution in [3.8, 4) is 0 Å². The minimum Gasteiger partial charge on any atom is -0.469 e. The maximum atomic E-state index is 12.3. The second kappa shape index (κ2) is 5.35. The number of carbonyl (C=O) groups excluding carboxylic acids is 1. The first-order valence-corrected chi connectivity index (χ1v) is 9.36. The van der Waals surface area contributed by atoms with Crippen molar-refractivity contribution in [3.63, 3.8) is 0 Å². The number of piperidine rings is 3. The lowest BCUT2D eigenvalue weighted by molar-refractivity contribution is -0.153. The Morgan fingerprint density at radius 1 is 1.48 bits per heavy atom. The van der Waals surface area contributed by atoms with Crippen molar-refractivity contribution in [2.75, 3.05) is 13.7 Å². The standard InChI is InChI=1S/C16H18INO2S/c1-20-16(19)15-12-7-10-2-4-13(15)18(10)8-9(12)6-11-3-5-14(17)21-11/h3,5-6,10,12-13,15H,2,4,7-8H2,1H3/b9-6+/t10-,12-,13?,15?/m1/s1. The highest BCUT2D eigenvalue weighted by molar-refractivity contribution is 14.1. The van der Waals surface area contributed by atoms with Gasteiger partial charge in [-0.25, -0.2) is 0 Å². The predicted molar refractivity (Wildman–Crippen MR) is 92.1 cm³/mol. The number of halogens is 1. The van der Waals surface area contributed by atoms with E-state index >= 15 is 0 Å². The van der Waals surface area contributed by atoms with Crippen LogP contribution in [0.15, 0.2) is 17.7 Å². The van der Waals surface area contributed by atoms with Crippen molar-refractivity contribution < 1.29 is 9.53 Å². The Kier molecular flexibility index (Phi) is 3.62. The molecule has 1 aromatic heterocycles. The number of hydrogen-bond donors (Lipinski definition) is 0. The van der Waals surface area contributed by atoms with E-state index < -0.39 is 0 Å². The normalized spacial score (nSPS) is 39.0. The molecule has 3 nitrogen and oxygen atoms in total. The van der Waals surface area contributed by atoms with Gasteiger partial charge < -0.3 is 4.74 Å². The van der Waals surface area contributed by atoms with Gasteiger partial charge in [0, 0.05) is 23.5 Å². The molecule has 5 heterocycles. The number of carbonyl (C=O) groups is 1. The van der Waals surface area contributed by atoms with Crippen LogP contribution in [0.3, 0.4) is 0 Å². The van der Waals surface area contributed by atoms with Gasteiger partial charge in [0.05, 0.1) is 15.9 Å². The van der Waals surface area contributed by atoms with Crippen LogP contribution in [0.1, 0.15) is 24.1 Å². The first-order chi connectivity index (χ1) is 10.2. The lowest BCUT2D eigenvalue weighted by Crippen LogP contribution is -2.58. The van der Waals surface area contributed by atoms with Gasteiger partial charge in [0.1, 0.15) is 0 Å². The molecule has 0 N–H and O–H groups in total. The summed E-state index contributed by atoms with van der Waals surface area (Å²) in [7, 11) is 1.53. The molecule has 0 radical (unpaired) electrons. The first-order valence-electron chi connectivity index (χ1n) is 7.46. The molecule has 4 aliphatic rings. The third-order valence-electron chi connectivity index (χ3n) is 5.30. The summed E-state index contributed by atoms with van der Waals surface area (Å²) in [6.45, 7) is 1.04. The van der Waals surface area contributed by atoms with E-state index in [1.54, 1.807) is 0 Å². The summed E-state index contributed by atoms with van der Waals surface area (Å²) in [5.41, 5.74) is 1.43. The van der Waals surface area contributed by atoms with Gasteiger partial charge >= 0.3 is 5.97 Å². The highest BCUT2D eigenvalue weighted by Gasteiger charge is 2.55. The summed E-state index contributed by atoms with van der Waals surface area (Å²) < 4.78 is 6.41. The molecule has 3 unspecified atom stereocenters. The monoisotopic (exact) mass is 415 g/mol. The Hall–Kier alpha value is -0.400. The van der Waals surface area contributed by atoms with Crippen LogP contribution in [0.25, 0.3) is 6.08 Å². The zero-order valence-electron chi connectivity index (χ0n) is 11.9. The molecule has 4 saturated heterocycles. The lowest BCUT2D eigenvalue weighted by atomic mass is 9.71. The quantitative estimate of drug-likeness (QED) is 0.548. The lowest BCUT2D eigenvalue weighted by Gasteiger charge is -2.50. The molecule has 0 spiro atoms. The summed E-state index contributed by atoms with van der Waals surface area (Å²) in [5, 5.41) is 0. The van der Waals surface area contributed by atoms with Gasteiger partial charge in [-0.2, -0.15) is 0 Å². The summed E-state index contributed by atoms with van der Waals surface area (Å²) in [6, 6.07) is 5.45. The molecular formula is C16H18INO2S. The number of rotatable bonds is 2. The number of fused-ring (bicyclic) bond motifs is 1. The van der Waals surface area contributed by atoms with Crippen LogP contribution < -0.4 is 0 Å². The summed E-state index contributed by atoms with van der Waals surface area (Å²) in [5.74, 6) is 0.425. The van der Waals surface area contributed by atoms with E-state index in [2.05, 4.69) is 45.7 Å². The maximum absolute atomic E-state index is 12.3. The van der Waals surface area contributed by atoms with Crippen molar-refractivity contribution >= 4 is 46.0 Å². The Labute approximate surface area is 142 Å². The molecule has 0 saturated carbocycles. The van der Waals surface area contributed by atoms with Crippen molar-refractivity contribution in [2.24, 2.45) is 11.8 Å². The molecule has 0 amide bonds. The van der Waals surface area contributed by atoms with Crippen LogP contribution in [0.4, 0.5) is 0 Å². The van der Waals surface area contributed by atoms with Gasteiger partial charge in [-0.05, 0) is 66.0 Å². The number of hydrogen-bond acceptors (Lipinski definition) is 4. The number of esters is 1. The van der Waals surface area contributed by atoms with E-state index in [1.165, 1.54) is 26.9 Å². The molecule has 5 heteroatoms. The van der Waals surface area contributed by atoms with Crippen LogP contribution >= 0.6 is 33.9 Å². The van der Waals surface area contributed by atoms with Gasteiger partial charge in [-0.3, -0.25) is 9.69 Å². The molecule has 4 fully saturated rings. The predicted octanol–water partition coefficient (Wildman–Crippen LogP) is 3.39. The summed E-state index contributed by atoms with van der Waals surface area (Å²) in [6.07, 6.45) is 5.85. The molecule has 4 bridgehead atoms. The molecule has 5 atom stereocenters. The van der Waals surface area contributed by atoms with Gasteiger partial charge in [0.15, 0.2) is 0 Å². The van der Waals surface area contributed by atoms with Crippen LogP contribution in [0.2, 0.25) is 0 Å². The molecule has 0 aliphatic carbocycles. The average Bonchev–Trinajstić information content (AvgIpc) is 3.02. The first kappa shape index (κ1) is 14.2. The SMILES string of the molecule is COC(=O)C1C2CC[C@@H]3C[C@@H]1/C(=C/c1ccc(I)s1)CN23. The van der Waals surface area contributed by atoms with E-state index in [0.29, 0.717) is 18.0 Å². The molecule has 0 aromatic carbocycles. The molecule has 5 rings (SSSR count). The van der Waals surface area contributed by atoms with Crippen LogP contribution in [-0.4, -0.2) is 36.6 Å². The zero-order chi connectivity index (χ0) is 14.6. The second-order valence-corrected chi connectivity index (χ2v) is 9.23.